The Morgan fingerprint density at radius 1 is 0.169 bits per heavy atom. The van der Waals surface area contributed by atoms with Gasteiger partial charge in [0.2, 0.25) is 0 Å². The summed E-state index contributed by atoms with van der Waals surface area (Å²) in [5.74, 6) is -1.19. The Labute approximate surface area is 763 Å². The summed E-state index contributed by atoms with van der Waals surface area (Å²) in [6.07, 6.45) is 3.24. The standard InChI is InChI=1S/4C18H15P.C12H7N2O2.5C6H6.2Rh/c4*1-4-10-16(11-5-1)19(17-12-6-2-7-13-17)18-14-8-3-9-15-18;15-12(16)9-7-3-1-5-13-10(7)11-8(9)4-2-6-14-11;5*1-2-4-6-5-3-1;;/h4*1-15H;1-6H,(H,15,16);5*1-6H;;/q;;;;-1;;;;;;;/p+3. The van der Waals surface area contributed by atoms with E-state index in [1.807, 2.05) is 182 Å². The summed E-state index contributed by atoms with van der Waals surface area (Å²) in [5, 5.41) is 29.5. The van der Waals surface area contributed by atoms with Crippen LogP contribution in [0.2, 0.25) is 0 Å². The zero-order valence-corrected chi connectivity index (χ0v) is 76.1. The Bertz CT molecular complexity index is 4790. The van der Waals surface area contributed by atoms with E-state index in [2.05, 4.69) is 374 Å². The zero-order valence-electron chi connectivity index (χ0n) is 68.8. The van der Waals surface area contributed by atoms with Gasteiger partial charge in [0.1, 0.15) is 63.7 Å². The predicted octanol–water partition coefficient (Wildman–Crippen LogP) is 22.0. The summed E-state index contributed by atoms with van der Waals surface area (Å²) in [5.41, 5.74) is 1.39. The topological polar surface area (TPSA) is 65.9 Å². The molecular weight excluding hydrogens is 1760 g/mol. The number of aromatic nitrogens is 2. The average molecular weight is 1860 g/mol. The number of aromatic carboxylic acids is 1. The number of carbonyl (C=O) groups is 1. The molecule has 18 aromatic carbocycles. The summed E-state index contributed by atoms with van der Waals surface area (Å²) in [4.78, 5) is 19.4. The number of nitrogens with zero attached hydrogens (tertiary/aromatic N) is 2. The second-order valence-electron chi connectivity index (χ2n) is 27.1. The average Bonchev–Trinajstić information content (AvgIpc) is 1.62. The van der Waals surface area contributed by atoms with Gasteiger partial charge in [-0.05, 0) is 157 Å². The molecule has 0 aliphatic rings. The summed E-state index contributed by atoms with van der Waals surface area (Å²) in [6, 6.07) is 197. The molecule has 614 valence electrons. The first-order chi connectivity index (χ1) is 60.6. The Hall–Kier alpha value is -12.7. The quantitative estimate of drug-likeness (QED) is 0.0655. The van der Waals surface area contributed by atoms with Gasteiger partial charge in [0.25, 0.3) is 0 Å². The van der Waals surface area contributed by atoms with Gasteiger partial charge in [-0.1, -0.05) is 429 Å². The molecule has 0 bridgehead atoms. The fourth-order valence-corrected chi connectivity index (χ4v) is 23.4. The van der Waals surface area contributed by atoms with Gasteiger partial charge in [-0.2, -0.15) is 0 Å². The number of carboxylic acid groups (broad SMARTS) is 1. The van der Waals surface area contributed by atoms with Crippen molar-refractivity contribution in [1.29, 1.82) is 0 Å². The molecule has 2 aromatic heterocycles. The number of carbonyl (C=O) groups excluding carboxylic acids is 1. The van der Waals surface area contributed by atoms with Crippen molar-refractivity contribution >= 4 is 123 Å². The maximum atomic E-state index is 11.1. The van der Waals surface area contributed by atoms with Gasteiger partial charge in [-0.25, -0.2) is 0 Å². The maximum Gasteiger partial charge on any atom is 0.102 e. The van der Waals surface area contributed by atoms with Crippen molar-refractivity contribution in [2.24, 2.45) is 0 Å². The largest absolute Gasteiger partial charge is 0.554 e. The van der Waals surface area contributed by atoms with E-state index in [0.29, 0.717) is 21.8 Å². The van der Waals surface area contributed by atoms with Crippen LogP contribution in [0, 0.1) is 0 Å². The van der Waals surface area contributed by atoms with E-state index in [9.17, 15) is 9.90 Å². The zero-order chi connectivity index (χ0) is 84.0. The minimum Gasteiger partial charge on any atom is -0.554 e. The van der Waals surface area contributed by atoms with E-state index in [4.69, 9.17) is 0 Å². The first kappa shape index (κ1) is 95.2. The molecule has 0 atom stereocenters. The molecule has 2 radical (unpaired) electrons. The smallest absolute Gasteiger partial charge is 0.102 e. The van der Waals surface area contributed by atoms with Crippen molar-refractivity contribution < 1.29 is 48.9 Å². The minimum atomic E-state index is -1.19. The fourth-order valence-electron chi connectivity index (χ4n) is 13.1. The van der Waals surface area contributed by atoms with Crippen LogP contribution in [0.25, 0.3) is 21.8 Å². The maximum absolute atomic E-state index is 11.1. The van der Waals surface area contributed by atoms with Crippen molar-refractivity contribution in [3.63, 3.8) is 0 Å². The molecule has 0 N–H and O–H groups in total. The van der Waals surface area contributed by atoms with Crippen LogP contribution >= 0.6 is 31.7 Å². The summed E-state index contributed by atoms with van der Waals surface area (Å²) in [7, 11) is -3.51. The summed E-state index contributed by atoms with van der Waals surface area (Å²) < 4.78 is 0. The number of benzene rings is 17. The van der Waals surface area contributed by atoms with Crippen molar-refractivity contribution in [2.45, 2.75) is 0 Å². The van der Waals surface area contributed by atoms with E-state index in [0.717, 1.165) is 0 Å². The van der Waals surface area contributed by atoms with Crippen molar-refractivity contribution in [3.8, 4) is 0 Å². The monoisotopic (exact) mass is 1860 g/mol. The van der Waals surface area contributed by atoms with Crippen LogP contribution < -0.4 is 68.8 Å². The third kappa shape index (κ3) is 32.3. The first-order valence-corrected chi connectivity index (χ1v) is 46.7. The van der Waals surface area contributed by atoms with Crippen LogP contribution in [0.4, 0.5) is 0 Å². The molecule has 10 heteroatoms. The van der Waals surface area contributed by atoms with Crippen LogP contribution in [0.1, 0.15) is 10.4 Å². The number of hydrogen-bond acceptors (Lipinski definition) is 4. The molecule has 4 nitrogen and oxygen atoms in total. The SMILES string of the molecule is O=C([O-])[c-]1c2cccnc2c2ncccc21.[Rh].[Rh].c1ccc([PH+](c2ccccc2)c2ccccc2)cc1.c1ccc([PH+](c2ccccc2)c2ccccc2)cc1.c1ccc([PH+](c2ccccc2)c2ccccc2)cc1.c1ccc([PH+](c2ccccc2)c2ccccc2)cc1.c1ccccc1.c1ccccc1.c1ccccc1.c1ccccc1.c1ccccc1. The molecule has 0 fully saturated rings. The molecule has 20 rings (SSSR count). The third-order valence-electron chi connectivity index (χ3n) is 18.7. The second-order valence-corrected chi connectivity index (χ2v) is 37.1. The molecule has 0 spiro atoms. The number of pyridine rings is 2. The van der Waals surface area contributed by atoms with Crippen LogP contribution in [-0.2, 0) is 39.0 Å². The molecular formula is C114H100N2O2P4Rh2+2. The van der Waals surface area contributed by atoms with E-state index in [-0.39, 0.29) is 44.5 Å². The van der Waals surface area contributed by atoms with Crippen LogP contribution in [0.15, 0.2) is 583 Å². The van der Waals surface area contributed by atoms with Gasteiger partial charge in [0, 0.05) is 57.3 Å². The Kier molecular flexibility index (Phi) is 44.2. The minimum absolute atomic E-state index is 0. The van der Waals surface area contributed by atoms with Gasteiger partial charge in [-0.15, -0.1) is 12.1 Å². The first-order valence-electron chi connectivity index (χ1n) is 40.7. The molecule has 0 aliphatic carbocycles. The third-order valence-corrected chi connectivity index (χ3v) is 29.6. The summed E-state index contributed by atoms with van der Waals surface area (Å²) >= 11 is 0. The van der Waals surface area contributed by atoms with Gasteiger partial charge in [0.05, 0.1) is 31.7 Å². The molecule has 20 aromatic rings. The van der Waals surface area contributed by atoms with E-state index in [1.54, 1.807) is 36.7 Å². The van der Waals surface area contributed by atoms with E-state index >= 15 is 0 Å². The van der Waals surface area contributed by atoms with Crippen molar-refractivity contribution in [1.82, 2.24) is 9.97 Å². The molecule has 0 unspecified atom stereocenters. The van der Waals surface area contributed by atoms with Gasteiger partial charge >= 0.3 is 0 Å². The number of rotatable bonds is 13. The van der Waals surface area contributed by atoms with Crippen LogP contribution in [-0.4, -0.2) is 15.9 Å². The van der Waals surface area contributed by atoms with E-state index in [1.165, 1.54) is 63.7 Å². The molecule has 124 heavy (non-hydrogen) atoms. The second kappa shape index (κ2) is 57.6. The van der Waals surface area contributed by atoms with Gasteiger partial charge in [-0.3, -0.25) is 0 Å². The fraction of sp³-hybridized carbons (Fsp3) is 0. The van der Waals surface area contributed by atoms with Crippen LogP contribution in [0.3, 0.4) is 0 Å². The Balaban J connectivity index is 0.000000161. The predicted molar refractivity (Wildman–Crippen MR) is 535 cm³/mol. The normalized spacial score (nSPS) is 9.84. The van der Waals surface area contributed by atoms with Gasteiger partial charge < -0.3 is 19.9 Å². The number of hydrogen-bond donors (Lipinski definition) is 0. The molecule has 0 saturated carbocycles. The molecule has 0 aliphatic heterocycles. The van der Waals surface area contributed by atoms with Crippen molar-refractivity contribution in [2.75, 3.05) is 0 Å². The number of fused-ring (bicyclic) bond motifs is 3. The Morgan fingerprint density at radius 3 is 0.379 bits per heavy atom. The van der Waals surface area contributed by atoms with Crippen molar-refractivity contribution in [3.05, 3.63) is 588 Å². The molecule has 0 saturated heterocycles. The molecule has 0 amide bonds. The van der Waals surface area contributed by atoms with Gasteiger partial charge in [0.15, 0.2) is 0 Å². The van der Waals surface area contributed by atoms with Crippen LogP contribution in [0.5, 0.6) is 0 Å². The van der Waals surface area contributed by atoms with E-state index < -0.39 is 37.7 Å². The molecule has 2 heterocycles. The number of carboxylic acids is 1. The Morgan fingerprint density at radius 2 is 0.274 bits per heavy atom. The summed E-state index contributed by atoms with van der Waals surface area (Å²) in [6.45, 7) is 0.